The molecule has 98 valence electrons. The predicted octanol–water partition coefficient (Wildman–Crippen LogP) is 3.73. The van der Waals surface area contributed by atoms with Crippen molar-refractivity contribution in [1.82, 2.24) is 0 Å². The van der Waals surface area contributed by atoms with Crippen LogP contribution in [0.15, 0.2) is 24.3 Å². The van der Waals surface area contributed by atoms with E-state index in [1.165, 1.54) is 0 Å². The van der Waals surface area contributed by atoms with Gasteiger partial charge in [-0.1, -0.05) is 13.8 Å². The first-order valence-electron chi connectivity index (χ1n) is 6.43. The first kappa shape index (κ1) is 14.9. The molecule has 0 atom stereocenters. The van der Waals surface area contributed by atoms with Crippen LogP contribution < -0.4 is 4.90 Å². The normalized spacial score (nSPS) is 11.1. The number of hydrogen-bond acceptors (Lipinski definition) is 3. The van der Waals surface area contributed by atoms with E-state index in [4.69, 9.17) is 5.26 Å². The maximum Gasteiger partial charge on any atom is 0.0991 e. The summed E-state index contributed by atoms with van der Waals surface area (Å²) in [5.41, 5.74) is 2.13. The van der Waals surface area contributed by atoms with Gasteiger partial charge in [0.25, 0.3) is 0 Å². The maximum absolute atomic E-state index is 8.79. The molecule has 0 N–H and O–H groups in total. The van der Waals surface area contributed by atoms with Gasteiger partial charge in [-0.15, -0.1) is 0 Å². The summed E-state index contributed by atoms with van der Waals surface area (Å²) in [4.78, 5) is 2.25. The molecule has 0 saturated carbocycles. The minimum atomic E-state index is 0.270. The van der Waals surface area contributed by atoms with Gasteiger partial charge >= 0.3 is 0 Å². The molecule has 0 radical (unpaired) electrons. The van der Waals surface area contributed by atoms with Crippen molar-refractivity contribution in [2.75, 3.05) is 24.2 Å². The molecule has 18 heavy (non-hydrogen) atoms. The summed E-state index contributed by atoms with van der Waals surface area (Å²) >= 11 is 4.51. The number of benzene rings is 1. The van der Waals surface area contributed by atoms with Crippen LogP contribution in [0.3, 0.4) is 0 Å². The van der Waals surface area contributed by atoms with Crippen LogP contribution in [-0.2, 0) is 0 Å². The first-order chi connectivity index (χ1) is 8.60. The third-order valence-electron chi connectivity index (χ3n) is 3.85. The van der Waals surface area contributed by atoms with E-state index in [1.54, 1.807) is 0 Å². The van der Waals surface area contributed by atoms with Crippen LogP contribution in [0.5, 0.6) is 0 Å². The van der Waals surface area contributed by atoms with Crippen LogP contribution in [0, 0.1) is 16.7 Å². The number of rotatable bonds is 6. The van der Waals surface area contributed by atoms with Crippen molar-refractivity contribution in [3.8, 4) is 6.07 Å². The van der Waals surface area contributed by atoms with Crippen LogP contribution in [0.25, 0.3) is 0 Å². The zero-order chi connectivity index (χ0) is 13.6. The van der Waals surface area contributed by atoms with Gasteiger partial charge in [0.05, 0.1) is 11.6 Å². The molecule has 0 aliphatic carbocycles. The summed E-state index contributed by atoms with van der Waals surface area (Å²) in [6.45, 7) is 5.45. The van der Waals surface area contributed by atoms with Crippen LogP contribution in [0.1, 0.15) is 32.3 Å². The highest BCUT2D eigenvalue weighted by molar-refractivity contribution is 7.80. The molecule has 0 heterocycles. The Hall–Kier alpha value is -1.14. The minimum absolute atomic E-state index is 0.270. The lowest BCUT2D eigenvalue weighted by molar-refractivity contribution is 0.314. The summed E-state index contributed by atoms with van der Waals surface area (Å²) in [5.74, 6) is 0.903. The van der Waals surface area contributed by atoms with Gasteiger partial charge in [0, 0.05) is 19.3 Å². The van der Waals surface area contributed by atoms with E-state index >= 15 is 0 Å². The van der Waals surface area contributed by atoms with E-state index in [0.717, 1.165) is 30.8 Å². The summed E-state index contributed by atoms with van der Waals surface area (Å²) < 4.78 is 0. The second kappa shape index (κ2) is 6.70. The molecule has 0 bridgehead atoms. The average Bonchev–Trinajstić information content (AvgIpc) is 2.45. The summed E-state index contributed by atoms with van der Waals surface area (Å²) in [5, 5.41) is 8.79. The summed E-state index contributed by atoms with van der Waals surface area (Å²) in [6.07, 6.45) is 2.27. The molecular weight excluding hydrogens is 240 g/mol. The fourth-order valence-corrected chi connectivity index (χ4v) is 2.68. The van der Waals surface area contributed by atoms with Gasteiger partial charge in [-0.2, -0.15) is 17.9 Å². The molecule has 0 fully saturated rings. The summed E-state index contributed by atoms with van der Waals surface area (Å²) in [7, 11) is 2.10. The van der Waals surface area contributed by atoms with E-state index in [0.29, 0.717) is 5.56 Å². The lowest BCUT2D eigenvalue weighted by Crippen LogP contribution is -2.36. The van der Waals surface area contributed by atoms with Crippen molar-refractivity contribution in [3.05, 3.63) is 29.8 Å². The molecule has 1 aromatic rings. The zero-order valence-corrected chi connectivity index (χ0v) is 12.4. The van der Waals surface area contributed by atoms with Crippen molar-refractivity contribution in [1.29, 1.82) is 5.26 Å². The molecular formula is C15H22N2S. The monoisotopic (exact) mass is 262 g/mol. The van der Waals surface area contributed by atoms with Gasteiger partial charge in [-0.05, 0) is 48.3 Å². The van der Waals surface area contributed by atoms with Crippen LogP contribution in [-0.4, -0.2) is 19.3 Å². The Labute approximate surface area is 116 Å². The van der Waals surface area contributed by atoms with Crippen molar-refractivity contribution < 1.29 is 0 Å². The second-order valence-electron chi connectivity index (χ2n) is 4.88. The lowest BCUT2D eigenvalue weighted by Gasteiger charge is -2.35. The molecule has 0 saturated heterocycles. The Morgan fingerprint density at radius 1 is 1.22 bits per heavy atom. The molecule has 0 amide bonds. The SMILES string of the molecule is CCC(CC)(CS)CN(C)c1ccc(C#N)cc1. The highest BCUT2D eigenvalue weighted by atomic mass is 32.1. The smallest absolute Gasteiger partial charge is 0.0991 e. The van der Waals surface area contributed by atoms with E-state index < -0.39 is 0 Å². The highest BCUT2D eigenvalue weighted by Gasteiger charge is 2.26. The molecule has 2 nitrogen and oxygen atoms in total. The number of hydrogen-bond donors (Lipinski definition) is 1. The number of nitriles is 1. The largest absolute Gasteiger partial charge is 0.374 e. The molecule has 1 rings (SSSR count). The summed E-state index contributed by atoms with van der Waals surface area (Å²) in [6, 6.07) is 9.89. The van der Waals surface area contributed by atoms with Crippen LogP contribution >= 0.6 is 12.6 Å². The van der Waals surface area contributed by atoms with E-state index in [9.17, 15) is 0 Å². The third-order valence-corrected chi connectivity index (χ3v) is 4.52. The predicted molar refractivity (Wildman–Crippen MR) is 81.3 cm³/mol. The van der Waals surface area contributed by atoms with Gasteiger partial charge in [-0.3, -0.25) is 0 Å². The molecule has 0 spiro atoms. The standard InChI is InChI=1S/C15H22N2S/c1-4-15(5-2,12-18)11-17(3)14-8-6-13(10-16)7-9-14/h6-9,18H,4-5,11-12H2,1-3H3. The van der Waals surface area contributed by atoms with Gasteiger partial charge in [0.15, 0.2) is 0 Å². The van der Waals surface area contributed by atoms with Gasteiger partial charge in [0.2, 0.25) is 0 Å². The molecule has 0 aliphatic rings. The van der Waals surface area contributed by atoms with Crippen LogP contribution in [0.2, 0.25) is 0 Å². The van der Waals surface area contributed by atoms with Gasteiger partial charge in [-0.25, -0.2) is 0 Å². The Kier molecular flexibility index (Phi) is 5.55. The van der Waals surface area contributed by atoms with Gasteiger partial charge < -0.3 is 4.90 Å². The maximum atomic E-state index is 8.79. The first-order valence-corrected chi connectivity index (χ1v) is 7.06. The lowest BCUT2D eigenvalue weighted by atomic mass is 9.84. The fraction of sp³-hybridized carbons (Fsp3) is 0.533. The van der Waals surface area contributed by atoms with Crippen molar-refractivity contribution >= 4 is 18.3 Å². The van der Waals surface area contributed by atoms with E-state index in [-0.39, 0.29) is 5.41 Å². The van der Waals surface area contributed by atoms with Crippen molar-refractivity contribution in [2.24, 2.45) is 5.41 Å². The topological polar surface area (TPSA) is 27.0 Å². The van der Waals surface area contributed by atoms with Crippen molar-refractivity contribution in [3.63, 3.8) is 0 Å². The van der Waals surface area contributed by atoms with E-state index in [1.807, 2.05) is 24.3 Å². The number of nitrogens with zero attached hydrogens (tertiary/aromatic N) is 2. The Morgan fingerprint density at radius 2 is 1.78 bits per heavy atom. The van der Waals surface area contributed by atoms with Gasteiger partial charge in [0.1, 0.15) is 0 Å². The second-order valence-corrected chi connectivity index (χ2v) is 5.20. The molecule has 3 heteroatoms. The number of anilines is 1. The zero-order valence-electron chi connectivity index (χ0n) is 11.5. The Balaban J connectivity index is 2.80. The van der Waals surface area contributed by atoms with Crippen LogP contribution in [0.4, 0.5) is 5.69 Å². The Bertz CT molecular complexity index is 393. The molecule has 1 aromatic carbocycles. The third kappa shape index (κ3) is 3.43. The quantitative estimate of drug-likeness (QED) is 0.791. The van der Waals surface area contributed by atoms with E-state index in [2.05, 4.69) is 44.5 Å². The average molecular weight is 262 g/mol. The molecule has 0 unspecified atom stereocenters. The Morgan fingerprint density at radius 3 is 2.17 bits per heavy atom. The highest BCUT2D eigenvalue weighted by Crippen LogP contribution is 2.30. The fourth-order valence-electron chi connectivity index (χ4n) is 2.13. The minimum Gasteiger partial charge on any atom is -0.374 e. The van der Waals surface area contributed by atoms with Crippen molar-refractivity contribution in [2.45, 2.75) is 26.7 Å². The number of thiol groups is 1. The molecule has 0 aliphatic heterocycles. The molecule has 0 aromatic heterocycles.